The summed E-state index contributed by atoms with van der Waals surface area (Å²) in [4.78, 5) is 9.25. The minimum atomic E-state index is -0.397. The lowest BCUT2D eigenvalue weighted by Gasteiger charge is -2.31. The molecular formula is C25H35ClN6O2S. The standard InChI is InChI=1S/C25H35ClN6O2S/c1-17(13-33-2)30-18-3-5-19(6-4-18)31-23-11-20(21(26)12-28-23)22-14-35-24(32-22)29-16-25(15-27)7-9-34-10-8-25/h11-12,14,17-19,30H,3-10,13,16H2,1-2H3,(H,28,31)(H,29,32)/t17-,18?,19?/m1/s1. The number of pyridine rings is 1. The Labute approximate surface area is 216 Å². The van der Waals surface area contributed by atoms with Crippen molar-refractivity contribution in [2.45, 2.75) is 63.6 Å². The summed E-state index contributed by atoms with van der Waals surface area (Å²) in [5, 5.41) is 23.7. The number of nitrogens with one attached hydrogen (secondary N) is 3. The SMILES string of the molecule is COC[C@@H](C)NC1CCC(Nc2cc(-c3csc(NCC4(C#N)CCOCC4)n3)c(Cl)cn2)CC1. The number of thiazole rings is 1. The minimum absolute atomic E-state index is 0.370. The normalized spacial score (nSPS) is 22.8. The number of aromatic nitrogens is 2. The minimum Gasteiger partial charge on any atom is -0.383 e. The lowest BCUT2D eigenvalue weighted by molar-refractivity contribution is 0.0456. The first-order valence-electron chi connectivity index (χ1n) is 12.4. The van der Waals surface area contributed by atoms with Gasteiger partial charge in [-0.25, -0.2) is 9.97 Å². The highest BCUT2D eigenvalue weighted by Gasteiger charge is 2.32. The average Bonchev–Trinajstić information content (AvgIpc) is 3.35. The second-order valence-corrected chi connectivity index (χ2v) is 10.9. The van der Waals surface area contributed by atoms with Crippen molar-refractivity contribution >= 4 is 33.9 Å². The van der Waals surface area contributed by atoms with Crippen molar-refractivity contribution in [3.8, 4) is 17.3 Å². The maximum Gasteiger partial charge on any atom is 0.183 e. The molecule has 2 aliphatic rings. The van der Waals surface area contributed by atoms with E-state index in [-0.39, 0.29) is 0 Å². The van der Waals surface area contributed by atoms with Crippen LogP contribution < -0.4 is 16.0 Å². The van der Waals surface area contributed by atoms with Crippen molar-refractivity contribution in [1.82, 2.24) is 15.3 Å². The van der Waals surface area contributed by atoms with Crippen LogP contribution in [0.2, 0.25) is 5.02 Å². The summed E-state index contributed by atoms with van der Waals surface area (Å²) in [7, 11) is 1.74. The zero-order valence-corrected chi connectivity index (χ0v) is 22.1. The molecule has 0 amide bonds. The van der Waals surface area contributed by atoms with Gasteiger partial charge in [0.05, 0.1) is 28.8 Å². The maximum atomic E-state index is 9.68. The molecule has 0 spiro atoms. The van der Waals surface area contributed by atoms with Crippen molar-refractivity contribution in [3.63, 3.8) is 0 Å². The van der Waals surface area contributed by atoms with Gasteiger partial charge in [-0.2, -0.15) is 5.26 Å². The molecule has 3 N–H and O–H groups in total. The van der Waals surface area contributed by atoms with E-state index in [0.29, 0.717) is 42.9 Å². The van der Waals surface area contributed by atoms with Gasteiger partial charge in [-0.1, -0.05) is 11.6 Å². The number of methoxy groups -OCH3 is 1. The monoisotopic (exact) mass is 518 g/mol. The molecular weight excluding hydrogens is 484 g/mol. The molecule has 1 saturated carbocycles. The van der Waals surface area contributed by atoms with Crippen LogP contribution in [0.3, 0.4) is 0 Å². The Morgan fingerprint density at radius 2 is 2.03 bits per heavy atom. The topological polar surface area (TPSA) is 104 Å². The van der Waals surface area contributed by atoms with Gasteiger partial charge in [0.1, 0.15) is 5.82 Å². The Morgan fingerprint density at radius 3 is 2.74 bits per heavy atom. The zero-order valence-electron chi connectivity index (χ0n) is 20.5. The number of nitrogens with zero attached hydrogens (tertiary/aromatic N) is 3. The van der Waals surface area contributed by atoms with E-state index in [9.17, 15) is 5.26 Å². The maximum absolute atomic E-state index is 9.68. The number of hydrogen-bond donors (Lipinski definition) is 3. The molecule has 8 nitrogen and oxygen atoms in total. The quantitative estimate of drug-likeness (QED) is 0.406. The van der Waals surface area contributed by atoms with E-state index in [1.165, 1.54) is 11.3 Å². The molecule has 2 fully saturated rings. The highest BCUT2D eigenvalue weighted by molar-refractivity contribution is 7.14. The van der Waals surface area contributed by atoms with Gasteiger partial charge in [0.25, 0.3) is 0 Å². The second-order valence-electron chi connectivity index (χ2n) is 9.66. The number of halogens is 1. The molecule has 1 aliphatic heterocycles. The molecule has 1 atom stereocenters. The molecule has 1 saturated heterocycles. The van der Waals surface area contributed by atoms with E-state index in [1.54, 1.807) is 13.3 Å². The smallest absolute Gasteiger partial charge is 0.183 e. The Bertz CT molecular complexity index is 998. The van der Waals surface area contributed by atoms with Gasteiger partial charge in [-0.05, 0) is 51.5 Å². The van der Waals surface area contributed by atoms with Gasteiger partial charge in [0, 0.05) is 62.1 Å². The largest absolute Gasteiger partial charge is 0.383 e. The van der Waals surface area contributed by atoms with Gasteiger partial charge < -0.3 is 25.4 Å². The highest BCUT2D eigenvalue weighted by Crippen LogP contribution is 2.34. The third-order valence-electron chi connectivity index (χ3n) is 6.92. The predicted octanol–water partition coefficient (Wildman–Crippen LogP) is 4.94. The molecule has 0 radical (unpaired) electrons. The van der Waals surface area contributed by atoms with Crippen LogP contribution in [0, 0.1) is 16.7 Å². The summed E-state index contributed by atoms with van der Waals surface area (Å²) < 4.78 is 10.7. The van der Waals surface area contributed by atoms with Gasteiger partial charge in [0.2, 0.25) is 0 Å². The van der Waals surface area contributed by atoms with E-state index in [4.69, 9.17) is 26.1 Å². The number of rotatable bonds is 10. The third kappa shape index (κ3) is 7.05. The predicted molar refractivity (Wildman–Crippen MR) is 141 cm³/mol. The highest BCUT2D eigenvalue weighted by atomic mass is 35.5. The van der Waals surface area contributed by atoms with Crippen molar-refractivity contribution in [1.29, 1.82) is 5.26 Å². The molecule has 190 valence electrons. The Morgan fingerprint density at radius 1 is 1.29 bits per heavy atom. The lowest BCUT2D eigenvalue weighted by atomic mass is 9.82. The molecule has 3 heterocycles. The molecule has 35 heavy (non-hydrogen) atoms. The first kappa shape index (κ1) is 26.1. The molecule has 2 aromatic heterocycles. The van der Waals surface area contributed by atoms with Crippen LogP contribution >= 0.6 is 22.9 Å². The first-order valence-corrected chi connectivity index (χ1v) is 13.6. The number of hydrogen-bond acceptors (Lipinski definition) is 9. The summed E-state index contributed by atoms with van der Waals surface area (Å²) in [6.45, 7) is 4.73. The summed E-state index contributed by atoms with van der Waals surface area (Å²) in [5.41, 5.74) is 1.27. The van der Waals surface area contributed by atoms with Crippen LogP contribution in [0.4, 0.5) is 10.9 Å². The summed E-state index contributed by atoms with van der Waals surface area (Å²) in [5.74, 6) is 0.821. The van der Waals surface area contributed by atoms with Crippen molar-refractivity contribution in [2.75, 3.05) is 44.1 Å². The van der Waals surface area contributed by atoms with Gasteiger partial charge in [-0.3, -0.25) is 0 Å². The molecule has 1 aliphatic carbocycles. The van der Waals surface area contributed by atoms with Crippen molar-refractivity contribution in [2.24, 2.45) is 5.41 Å². The van der Waals surface area contributed by atoms with E-state index in [0.717, 1.165) is 67.3 Å². The van der Waals surface area contributed by atoms with Crippen molar-refractivity contribution < 1.29 is 9.47 Å². The van der Waals surface area contributed by atoms with Crippen LogP contribution in [0.15, 0.2) is 17.6 Å². The molecule has 0 bridgehead atoms. The number of nitriles is 1. The lowest BCUT2D eigenvalue weighted by Crippen LogP contribution is -2.42. The number of anilines is 2. The molecule has 0 unspecified atom stereocenters. The van der Waals surface area contributed by atoms with E-state index in [1.807, 2.05) is 11.4 Å². The average molecular weight is 519 g/mol. The van der Waals surface area contributed by atoms with Crippen LogP contribution in [-0.2, 0) is 9.47 Å². The Kier molecular flexibility index (Phi) is 9.20. The fraction of sp³-hybridized carbons (Fsp3) is 0.640. The molecule has 10 heteroatoms. The molecule has 0 aromatic carbocycles. The van der Waals surface area contributed by atoms with Crippen molar-refractivity contribution in [3.05, 3.63) is 22.7 Å². The molecule has 2 aromatic rings. The fourth-order valence-corrected chi connectivity index (χ4v) is 5.75. The van der Waals surface area contributed by atoms with Crippen LogP contribution in [0.1, 0.15) is 45.4 Å². The van der Waals surface area contributed by atoms with Gasteiger partial charge >= 0.3 is 0 Å². The van der Waals surface area contributed by atoms with Crippen LogP contribution in [0.5, 0.6) is 0 Å². The molecule has 4 rings (SSSR count). The van der Waals surface area contributed by atoms with Gasteiger partial charge in [0.15, 0.2) is 5.13 Å². The fourth-order valence-electron chi connectivity index (χ4n) is 4.84. The summed E-state index contributed by atoms with van der Waals surface area (Å²) in [6, 6.07) is 5.77. The summed E-state index contributed by atoms with van der Waals surface area (Å²) in [6.07, 6.45) is 7.61. The van der Waals surface area contributed by atoms with E-state index >= 15 is 0 Å². The van der Waals surface area contributed by atoms with Crippen LogP contribution in [-0.4, -0.2) is 61.6 Å². The third-order valence-corrected chi connectivity index (χ3v) is 8.02. The number of ether oxygens (including phenoxy) is 2. The Hall–Kier alpha value is -1.96. The van der Waals surface area contributed by atoms with Crippen LogP contribution in [0.25, 0.3) is 11.3 Å². The summed E-state index contributed by atoms with van der Waals surface area (Å²) >= 11 is 8.02. The zero-order chi connectivity index (χ0) is 24.7. The first-order chi connectivity index (χ1) is 17.0. The second kappa shape index (κ2) is 12.3. The Balaban J connectivity index is 1.33. The van der Waals surface area contributed by atoms with Gasteiger partial charge in [-0.15, -0.1) is 11.3 Å². The van der Waals surface area contributed by atoms with E-state index < -0.39 is 5.41 Å². The van der Waals surface area contributed by atoms with E-state index in [2.05, 4.69) is 33.9 Å².